The molecule has 1 aliphatic carbocycles. The summed E-state index contributed by atoms with van der Waals surface area (Å²) >= 11 is 0. The van der Waals surface area contributed by atoms with Crippen molar-refractivity contribution in [3.05, 3.63) is 101 Å². The first-order valence-electron chi connectivity index (χ1n) is 16.0. The van der Waals surface area contributed by atoms with E-state index in [0.717, 1.165) is 62.5 Å². The number of aryl methyl sites for hydroxylation is 1. The molecule has 46 heavy (non-hydrogen) atoms. The van der Waals surface area contributed by atoms with E-state index in [-0.39, 0.29) is 47.7 Å². The third kappa shape index (κ3) is 5.90. The zero-order valence-corrected chi connectivity index (χ0v) is 26.1. The van der Waals surface area contributed by atoms with Crippen molar-refractivity contribution < 1.29 is 22.3 Å². The van der Waals surface area contributed by atoms with E-state index >= 15 is 13.2 Å². The highest BCUT2D eigenvalue weighted by molar-refractivity contribution is 5.73. The van der Waals surface area contributed by atoms with Gasteiger partial charge in [0, 0.05) is 31.1 Å². The molecule has 240 valence electrons. The number of nitrogens with zero attached hydrogens (tertiary/aromatic N) is 5. The van der Waals surface area contributed by atoms with Gasteiger partial charge in [0.05, 0.1) is 30.2 Å². The second-order valence-electron chi connectivity index (χ2n) is 12.7. The zero-order chi connectivity index (χ0) is 31.9. The maximum absolute atomic E-state index is 15.6. The molecule has 2 aliphatic heterocycles. The summed E-state index contributed by atoms with van der Waals surface area (Å²) in [6, 6.07) is 13.2. The molecule has 0 N–H and O–H groups in total. The Kier molecular flexibility index (Phi) is 8.31. The molecule has 7 rings (SSSR count). The van der Waals surface area contributed by atoms with Crippen molar-refractivity contribution in [3.8, 4) is 17.0 Å². The number of hydrogen-bond donors (Lipinski definition) is 0. The molecule has 3 aliphatic rings. The van der Waals surface area contributed by atoms with Gasteiger partial charge in [-0.3, -0.25) is 0 Å². The van der Waals surface area contributed by atoms with Gasteiger partial charge in [-0.1, -0.05) is 12.1 Å². The molecule has 1 atom stereocenters. The highest BCUT2D eigenvalue weighted by Gasteiger charge is 2.32. The van der Waals surface area contributed by atoms with Crippen LogP contribution in [0.25, 0.3) is 11.3 Å². The van der Waals surface area contributed by atoms with Gasteiger partial charge in [0.25, 0.3) is 0 Å². The van der Waals surface area contributed by atoms with Gasteiger partial charge in [-0.05, 0) is 99.3 Å². The summed E-state index contributed by atoms with van der Waals surface area (Å²) in [6.45, 7) is 2.32. The smallest absolute Gasteiger partial charge is 0.178 e. The van der Waals surface area contributed by atoms with E-state index in [1.165, 1.54) is 18.2 Å². The Bertz CT molecular complexity index is 1760. The summed E-state index contributed by atoms with van der Waals surface area (Å²) in [6.07, 6.45) is 5.74. The van der Waals surface area contributed by atoms with Crippen LogP contribution >= 0.6 is 0 Å². The van der Waals surface area contributed by atoms with Gasteiger partial charge in [-0.15, -0.1) is 0 Å². The van der Waals surface area contributed by atoms with Crippen LogP contribution in [0.15, 0.2) is 54.7 Å². The van der Waals surface area contributed by atoms with Crippen LogP contribution in [0.1, 0.15) is 54.2 Å². The Morgan fingerprint density at radius 3 is 2.48 bits per heavy atom. The fraction of sp³-hybridized carbons (Fsp3) is 0.389. The summed E-state index contributed by atoms with van der Waals surface area (Å²) in [5, 5.41) is 0. The predicted molar refractivity (Wildman–Crippen MR) is 170 cm³/mol. The topological polar surface area (TPSA) is 44.7 Å². The number of benzene rings is 3. The van der Waals surface area contributed by atoms with Gasteiger partial charge in [0.2, 0.25) is 0 Å². The summed E-state index contributed by atoms with van der Waals surface area (Å²) < 4.78 is 66.1. The average Bonchev–Trinajstić information content (AvgIpc) is 3.05. The molecule has 0 spiro atoms. The molecule has 1 saturated heterocycles. The van der Waals surface area contributed by atoms with Crippen molar-refractivity contribution in [2.45, 2.75) is 50.6 Å². The minimum atomic E-state index is -0.695. The van der Waals surface area contributed by atoms with Gasteiger partial charge >= 0.3 is 0 Å². The SMILES string of the molecule is CN(C)C1CCN(c2ccc(Cc3ncc(F)c(-c4cc(F)c5c(c4)N(C4CCCc6ccc(F)cc64)CCO5)n3)cc2F)CC1. The number of halogens is 4. The molecular weight excluding hydrogens is 594 g/mol. The van der Waals surface area contributed by atoms with E-state index in [4.69, 9.17) is 4.74 Å². The molecule has 0 saturated carbocycles. The van der Waals surface area contributed by atoms with E-state index in [9.17, 15) is 4.39 Å². The van der Waals surface area contributed by atoms with Gasteiger partial charge in [0.1, 0.15) is 29.8 Å². The maximum atomic E-state index is 15.6. The highest BCUT2D eigenvalue weighted by atomic mass is 19.1. The summed E-state index contributed by atoms with van der Waals surface area (Å²) in [4.78, 5) is 15.0. The van der Waals surface area contributed by atoms with Crippen molar-refractivity contribution in [2.75, 3.05) is 50.1 Å². The third-order valence-electron chi connectivity index (χ3n) is 9.66. The molecule has 3 heterocycles. The average molecular weight is 632 g/mol. The van der Waals surface area contributed by atoms with Crippen LogP contribution in [0.4, 0.5) is 28.9 Å². The maximum Gasteiger partial charge on any atom is 0.178 e. The lowest BCUT2D eigenvalue weighted by atomic mass is 9.86. The molecule has 3 aromatic carbocycles. The number of aromatic nitrogens is 2. The van der Waals surface area contributed by atoms with Gasteiger partial charge in [-0.2, -0.15) is 0 Å². The number of hydrogen-bond acceptors (Lipinski definition) is 6. The van der Waals surface area contributed by atoms with Crippen molar-refractivity contribution in [1.29, 1.82) is 0 Å². The number of fused-ring (bicyclic) bond motifs is 2. The number of ether oxygens (including phenoxy) is 1. The Morgan fingerprint density at radius 1 is 0.870 bits per heavy atom. The van der Waals surface area contributed by atoms with Gasteiger partial charge in [0.15, 0.2) is 17.4 Å². The van der Waals surface area contributed by atoms with Crippen LogP contribution in [-0.4, -0.2) is 61.2 Å². The van der Waals surface area contributed by atoms with Crippen LogP contribution in [0.5, 0.6) is 5.75 Å². The van der Waals surface area contributed by atoms with Gasteiger partial charge < -0.3 is 19.4 Å². The van der Waals surface area contributed by atoms with Crippen LogP contribution in [0, 0.1) is 23.3 Å². The molecule has 1 fully saturated rings. The van der Waals surface area contributed by atoms with E-state index < -0.39 is 11.6 Å². The summed E-state index contributed by atoms with van der Waals surface area (Å²) in [5.41, 5.74) is 3.86. The first-order chi connectivity index (χ1) is 22.2. The highest BCUT2D eigenvalue weighted by Crippen LogP contribution is 2.45. The number of piperidine rings is 1. The summed E-state index contributed by atoms with van der Waals surface area (Å²) in [5.74, 6) is -1.57. The molecule has 0 radical (unpaired) electrons. The second-order valence-corrected chi connectivity index (χ2v) is 12.7. The second kappa shape index (κ2) is 12.5. The lowest BCUT2D eigenvalue weighted by Crippen LogP contribution is -2.42. The van der Waals surface area contributed by atoms with Crippen molar-refractivity contribution in [2.24, 2.45) is 0 Å². The van der Waals surface area contributed by atoms with E-state index in [0.29, 0.717) is 35.3 Å². The first-order valence-corrected chi connectivity index (χ1v) is 16.0. The third-order valence-corrected chi connectivity index (χ3v) is 9.66. The molecule has 10 heteroatoms. The fourth-order valence-electron chi connectivity index (χ4n) is 7.24. The standard InChI is InChI=1S/C36H37F4N5O/c1-43(2)26-10-12-44(13-11-26)32-9-6-22(16-28(32)38)17-34-41-21-30(40)35(42-34)24-18-29(39)36-33(19-24)45(14-15-46-36)31-5-3-4-23-7-8-25(37)20-27(23)31/h6-9,16,18-21,26,31H,3-5,10-15,17H2,1-2H3. The molecule has 1 unspecified atom stereocenters. The normalized spacial score (nSPS) is 18.4. The number of anilines is 2. The van der Waals surface area contributed by atoms with Crippen LogP contribution in [0.3, 0.4) is 0 Å². The molecule has 0 amide bonds. The largest absolute Gasteiger partial charge is 0.486 e. The lowest BCUT2D eigenvalue weighted by molar-refractivity contribution is 0.249. The Balaban J connectivity index is 1.15. The monoisotopic (exact) mass is 631 g/mol. The number of rotatable bonds is 6. The Labute approximate surface area is 266 Å². The first kappa shape index (κ1) is 30.5. The predicted octanol–water partition coefficient (Wildman–Crippen LogP) is 7.10. The fourth-order valence-corrected chi connectivity index (χ4v) is 7.24. The Morgan fingerprint density at radius 2 is 1.70 bits per heavy atom. The molecule has 6 nitrogen and oxygen atoms in total. The molecular formula is C36H37F4N5O. The minimum Gasteiger partial charge on any atom is -0.486 e. The van der Waals surface area contributed by atoms with E-state index in [1.54, 1.807) is 18.2 Å². The Hall–Kier alpha value is -4.18. The minimum absolute atomic E-state index is 0.0480. The van der Waals surface area contributed by atoms with Crippen LogP contribution in [0.2, 0.25) is 0 Å². The van der Waals surface area contributed by atoms with E-state index in [2.05, 4.69) is 33.9 Å². The van der Waals surface area contributed by atoms with Gasteiger partial charge in [-0.25, -0.2) is 27.5 Å². The van der Waals surface area contributed by atoms with Crippen molar-refractivity contribution >= 4 is 11.4 Å². The molecule has 0 bridgehead atoms. The van der Waals surface area contributed by atoms with Crippen molar-refractivity contribution in [3.63, 3.8) is 0 Å². The van der Waals surface area contributed by atoms with Crippen molar-refractivity contribution in [1.82, 2.24) is 14.9 Å². The van der Waals surface area contributed by atoms with Crippen LogP contribution < -0.4 is 14.5 Å². The quantitative estimate of drug-likeness (QED) is 0.212. The van der Waals surface area contributed by atoms with E-state index in [1.807, 2.05) is 17.0 Å². The summed E-state index contributed by atoms with van der Waals surface area (Å²) in [7, 11) is 4.15. The zero-order valence-electron chi connectivity index (χ0n) is 26.1. The van der Waals surface area contributed by atoms with Crippen LogP contribution in [-0.2, 0) is 12.8 Å². The molecule has 4 aromatic rings. The molecule has 1 aromatic heterocycles. The lowest BCUT2D eigenvalue weighted by Gasteiger charge is -2.40.